The maximum absolute atomic E-state index is 10.1. The molecule has 30 heavy (non-hydrogen) atoms. The van der Waals surface area contributed by atoms with Crippen LogP contribution in [0.3, 0.4) is 0 Å². The molecule has 0 aliphatic carbocycles. The predicted octanol–water partition coefficient (Wildman–Crippen LogP) is 5.72. The Labute approximate surface area is 187 Å². The van der Waals surface area contributed by atoms with Gasteiger partial charge in [-0.25, -0.2) is 0 Å². The normalized spacial score (nSPS) is 15.7. The molecule has 0 radical (unpaired) electrons. The van der Waals surface area contributed by atoms with Crippen molar-refractivity contribution in [3.8, 4) is 0 Å². The van der Waals surface area contributed by atoms with E-state index in [1.807, 2.05) is 12.2 Å². The highest BCUT2D eigenvalue weighted by Crippen LogP contribution is 2.39. The van der Waals surface area contributed by atoms with Crippen molar-refractivity contribution < 1.29 is 13.9 Å². The Morgan fingerprint density at radius 1 is 1.10 bits per heavy atom. The van der Waals surface area contributed by atoms with Gasteiger partial charge in [0, 0.05) is 11.5 Å². The number of hydrogen-bond donors (Lipinski definition) is 2. The molecule has 0 aromatic carbocycles. The Morgan fingerprint density at radius 3 is 2.07 bits per heavy atom. The molecule has 0 spiro atoms. The summed E-state index contributed by atoms with van der Waals surface area (Å²) in [6.45, 7) is 24.8. The van der Waals surface area contributed by atoms with Crippen molar-refractivity contribution >= 4 is 23.7 Å². The molecule has 0 fully saturated rings. The average molecular weight is 457 g/mol. The van der Waals surface area contributed by atoms with Crippen molar-refractivity contribution in [3.05, 3.63) is 22.6 Å². The van der Waals surface area contributed by atoms with E-state index in [0.29, 0.717) is 19.6 Å². The van der Waals surface area contributed by atoms with Crippen LogP contribution in [0.15, 0.2) is 17.3 Å². The first-order chi connectivity index (χ1) is 13.4. The molecule has 2 N–H and O–H groups in total. The zero-order chi connectivity index (χ0) is 23.8. The average Bonchev–Trinajstić information content (AvgIpc) is 2.55. The third-order valence-corrected chi connectivity index (χ3v) is 15.3. The fraction of sp³-hybridized carbons (Fsp3) is 0.900. The number of rotatable bonds is 12. The van der Waals surface area contributed by atoms with Gasteiger partial charge in [-0.1, -0.05) is 58.8 Å². The molecule has 0 saturated carbocycles. The van der Waals surface area contributed by atoms with Gasteiger partial charge < -0.3 is 19.1 Å². The fourth-order valence-corrected chi connectivity index (χ4v) is 4.55. The quantitative estimate of drug-likeness (QED) is 0.0979. The fourth-order valence-electron chi connectivity index (χ4n) is 2.24. The SMILES string of the molecule is CB(O)N[C@H](CO[Si](C)(C)C(C)(C)C)[C@@H](/C=C/CCN=[N+]=[N-])O[Si](C)(C)C(C)(C)C. The Hall–Kier alpha value is -0.611. The summed E-state index contributed by atoms with van der Waals surface area (Å²) in [6.07, 6.45) is 4.42. The smallest absolute Gasteiger partial charge is 0.373 e. The lowest BCUT2D eigenvalue weighted by Crippen LogP contribution is -2.56. The molecule has 0 aromatic heterocycles. The minimum atomic E-state index is -2.07. The Balaban J connectivity index is 5.74. The number of nitrogens with zero attached hydrogens (tertiary/aromatic N) is 3. The maximum atomic E-state index is 10.1. The second kappa shape index (κ2) is 11.9. The predicted molar refractivity (Wildman–Crippen MR) is 134 cm³/mol. The molecular formula is C20H45BN4O3Si2. The molecule has 2 atom stereocenters. The molecule has 10 heteroatoms. The van der Waals surface area contributed by atoms with Gasteiger partial charge in [0.05, 0.1) is 18.8 Å². The van der Waals surface area contributed by atoms with Gasteiger partial charge in [-0.3, -0.25) is 0 Å². The van der Waals surface area contributed by atoms with E-state index in [1.54, 1.807) is 6.82 Å². The van der Waals surface area contributed by atoms with Gasteiger partial charge in [0.2, 0.25) is 0 Å². The zero-order valence-corrected chi connectivity index (χ0v) is 23.1. The molecule has 0 rings (SSSR count). The summed E-state index contributed by atoms with van der Waals surface area (Å²) in [7, 11) is -4.70. The molecule has 0 aliphatic heterocycles. The molecular weight excluding hydrogens is 411 g/mol. The van der Waals surface area contributed by atoms with E-state index in [9.17, 15) is 5.02 Å². The van der Waals surface area contributed by atoms with Crippen molar-refractivity contribution in [2.75, 3.05) is 13.2 Å². The highest BCUT2D eigenvalue weighted by Gasteiger charge is 2.42. The van der Waals surface area contributed by atoms with Crippen LogP contribution < -0.4 is 5.23 Å². The van der Waals surface area contributed by atoms with Crippen LogP contribution in [0.5, 0.6) is 0 Å². The standard InChI is InChI=1S/C20H45BN4O3Si2/c1-19(2,3)29(8,9)27-16-17(24-21(7)26)18(14-12-13-15-23-25-22)28-30(10,11)20(4,5)6/h12,14,17-18,24,26H,13,15-16H2,1-11H3/b14-12+/t17-,18-/m1/s1. The monoisotopic (exact) mass is 456 g/mol. The lowest BCUT2D eigenvalue weighted by Gasteiger charge is -2.42. The number of azide groups is 1. The molecule has 0 amide bonds. The summed E-state index contributed by atoms with van der Waals surface area (Å²) < 4.78 is 13.2. The summed E-state index contributed by atoms with van der Waals surface area (Å²) in [4.78, 5) is 2.80. The van der Waals surface area contributed by atoms with E-state index in [2.05, 4.69) is 83.0 Å². The third kappa shape index (κ3) is 10.1. The Bertz CT molecular complexity index is 596. The molecule has 0 aromatic rings. The lowest BCUT2D eigenvalue weighted by atomic mass is 9.86. The van der Waals surface area contributed by atoms with E-state index < -0.39 is 23.7 Å². The van der Waals surface area contributed by atoms with E-state index in [1.165, 1.54) is 0 Å². The summed E-state index contributed by atoms with van der Waals surface area (Å²) in [6, 6.07) is -0.191. The van der Waals surface area contributed by atoms with Crippen LogP contribution in [-0.4, -0.2) is 54.0 Å². The largest absolute Gasteiger partial charge is 0.437 e. The van der Waals surface area contributed by atoms with E-state index >= 15 is 0 Å². The van der Waals surface area contributed by atoms with E-state index in [0.717, 1.165) is 0 Å². The summed E-state index contributed by atoms with van der Waals surface area (Å²) >= 11 is 0. The molecule has 0 bridgehead atoms. The Kier molecular flexibility index (Phi) is 11.6. The van der Waals surface area contributed by atoms with Crippen LogP contribution in [0.4, 0.5) is 0 Å². The van der Waals surface area contributed by atoms with E-state index in [4.69, 9.17) is 14.4 Å². The highest BCUT2D eigenvalue weighted by atomic mass is 28.4. The third-order valence-electron chi connectivity index (χ3n) is 6.30. The van der Waals surface area contributed by atoms with Gasteiger partial charge in [-0.05, 0) is 55.0 Å². The first-order valence-corrected chi connectivity index (χ1v) is 16.7. The minimum Gasteiger partial charge on any atom is -0.437 e. The minimum absolute atomic E-state index is 0.0554. The van der Waals surface area contributed by atoms with Gasteiger partial charge in [-0.15, -0.1) is 0 Å². The van der Waals surface area contributed by atoms with Gasteiger partial charge in [-0.2, -0.15) is 0 Å². The van der Waals surface area contributed by atoms with Gasteiger partial charge in [0.15, 0.2) is 16.6 Å². The molecule has 0 heterocycles. The lowest BCUT2D eigenvalue weighted by molar-refractivity contribution is 0.141. The first-order valence-electron chi connectivity index (χ1n) is 10.9. The van der Waals surface area contributed by atoms with Crippen molar-refractivity contribution in [1.82, 2.24) is 5.23 Å². The van der Waals surface area contributed by atoms with Gasteiger partial charge in [0.1, 0.15) is 0 Å². The summed E-state index contributed by atoms with van der Waals surface area (Å²) in [5.74, 6) is 0. The highest BCUT2D eigenvalue weighted by molar-refractivity contribution is 6.74. The van der Waals surface area contributed by atoms with Crippen molar-refractivity contribution in [1.29, 1.82) is 0 Å². The first kappa shape index (κ1) is 29.4. The van der Waals surface area contributed by atoms with Crippen LogP contribution in [0.2, 0.25) is 43.1 Å². The summed E-state index contributed by atoms with van der Waals surface area (Å²) in [5, 5.41) is 17.1. The van der Waals surface area contributed by atoms with Crippen LogP contribution in [0.25, 0.3) is 10.4 Å². The molecule has 0 unspecified atom stereocenters. The zero-order valence-electron chi connectivity index (χ0n) is 21.1. The Morgan fingerprint density at radius 2 is 1.63 bits per heavy atom. The van der Waals surface area contributed by atoms with Crippen LogP contribution in [-0.2, 0) is 8.85 Å². The molecule has 0 saturated heterocycles. The molecule has 7 nitrogen and oxygen atoms in total. The van der Waals surface area contributed by atoms with Gasteiger partial charge >= 0.3 is 7.05 Å². The number of nitrogens with one attached hydrogen (secondary N) is 1. The van der Waals surface area contributed by atoms with Crippen molar-refractivity contribution in [2.45, 2.75) is 103 Å². The van der Waals surface area contributed by atoms with Crippen LogP contribution >= 0.6 is 0 Å². The topological polar surface area (TPSA) is 99.5 Å². The molecule has 174 valence electrons. The van der Waals surface area contributed by atoms with Gasteiger partial charge in [0.25, 0.3) is 0 Å². The maximum Gasteiger partial charge on any atom is 0.373 e. The van der Waals surface area contributed by atoms with Crippen molar-refractivity contribution in [3.63, 3.8) is 0 Å². The second-order valence-electron chi connectivity index (χ2n) is 11.0. The summed E-state index contributed by atoms with van der Waals surface area (Å²) in [5.41, 5.74) is 8.48. The van der Waals surface area contributed by atoms with Crippen LogP contribution in [0, 0.1) is 0 Å². The second-order valence-corrected chi connectivity index (χ2v) is 20.6. The van der Waals surface area contributed by atoms with Crippen LogP contribution in [0.1, 0.15) is 48.0 Å². The molecule has 0 aliphatic rings. The van der Waals surface area contributed by atoms with E-state index in [-0.39, 0.29) is 22.2 Å². The number of hydrogen-bond acceptors (Lipinski definition) is 5. The van der Waals surface area contributed by atoms with Crippen molar-refractivity contribution in [2.24, 2.45) is 5.11 Å².